The lowest BCUT2D eigenvalue weighted by Crippen LogP contribution is -2.06. The Bertz CT molecular complexity index is 516. The Hall–Kier alpha value is -2.41. The monoisotopic (exact) mass is 224 g/mol. The third-order valence-electron chi connectivity index (χ3n) is 2.42. The van der Waals surface area contributed by atoms with Crippen molar-refractivity contribution in [1.82, 2.24) is 9.97 Å². The molecular formula is C13H12N4. The minimum absolute atomic E-state index is 0.620. The van der Waals surface area contributed by atoms with Gasteiger partial charge in [0.1, 0.15) is 6.07 Å². The molecule has 4 heteroatoms. The average molecular weight is 224 g/mol. The summed E-state index contributed by atoms with van der Waals surface area (Å²) in [6, 6.07) is 7.80. The van der Waals surface area contributed by atoms with Gasteiger partial charge in [-0.3, -0.25) is 9.97 Å². The second kappa shape index (κ2) is 5.61. The summed E-state index contributed by atoms with van der Waals surface area (Å²) in [6.45, 7) is 0.768. The summed E-state index contributed by atoms with van der Waals surface area (Å²) in [7, 11) is 0. The van der Waals surface area contributed by atoms with Crippen LogP contribution in [0, 0.1) is 11.3 Å². The number of aromatic nitrogens is 2. The predicted octanol–water partition coefficient (Wildman–Crippen LogP) is 2.00. The van der Waals surface area contributed by atoms with Crippen LogP contribution in [0.4, 0.5) is 5.69 Å². The maximum atomic E-state index is 8.91. The van der Waals surface area contributed by atoms with Gasteiger partial charge in [-0.05, 0) is 30.2 Å². The number of hydrogen-bond donors (Lipinski definition) is 1. The minimum atomic E-state index is 0.620. The largest absolute Gasteiger partial charge is 0.382 e. The summed E-state index contributed by atoms with van der Waals surface area (Å²) in [5.74, 6) is 0. The molecule has 2 rings (SSSR count). The van der Waals surface area contributed by atoms with E-state index < -0.39 is 0 Å². The highest BCUT2D eigenvalue weighted by molar-refractivity contribution is 5.55. The molecule has 0 atom stereocenters. The van der Waals surface area contributed by atoms with Gasteiger partial charge in [0.25, 0.3) is 0 Å². The molecule has 2 aromatic heterocycles. The van der Waals surface area contributed by atoms with E-state index in [-0.39, 0.29) is 0 Å². The SMILES string of the molecule is N#Cc1ccncc1NCCc1ccncc1. The van der Waals surface area contributed by atoms with Crippen molar-refractivity contribution in [2.45, 2.75) is 6.42 Å². The van der Waals surface area contributed by atoms with Crippen LogP contribution in [-0.4, -0.2) is 16.5 Å². The Morgan fingerprint density at radius 2 is 1.88 bits per heavy atom. The highest BCUT2D eigenvalue weighted by Gasteiger charge is 2.00. The summed E-state index contributed by atoms with van der Waals surface area (Å²) in [5, 5.41) is 12.1. The molecule has 4 nitrogen and oxygen atoms in total. The molecule has 0 bridgehead atoms. The molecule has 0 radical (unpaired) electrons. The van der Waals surface area contributed by atoms with E-state index in [1.54, 1.807) is 30.9 Å². The molecule has 17 heavy (non-hydrogen) atoms. The van der Waals surface area contributed by atoms with Crippen LogP contribution in [0.5, 0.6) is 0 Å². The smallest absolute Gasteiger partial charge is 0.101 e. The summed E-state index contributed by atoms with van der Waals surface area (Å²) >= 11 is 0. The maximum Gasteiger partial charge on any atom is 0.101 e. The molecule has 1 N–H and O–H groups in total. The minimum Gasteiger partial charge on any atom is -0.382 e. The standard InChI is InChI=1S/C13H12N4/c14-9-12-4-7-16-10-13(12)17-8-3-11-1-5-15-6-2-11/h1-2,4-7,10,17H,3,8H2. The molecular weight excluding hydrogens is 212 g/mol. The van der Waals surface area contributed by atoms with E-state index in [1.165, 1.54) is 5.56 Å². The average Bonchev–Trinajstić information content (AvgIpc) is 2.40. The fourth-order valence-electron chi connectivity index (χ4n) is 1.52. The van der Waals surface area contributed by atoms with E-state index in [0.717, 1.165) is 18.7 Å². The lowest BCUT2D eigenvalue weighted by molar-refractivity contribution is 1.01. The quantitative estimate of drug-likeness (QED) is 0.862. The zero-order chi connectivity index (χ0) is 11.9. The van der Waals surface area contributed by atoms with Crippen LogP contribution in [0.1, 0.15) is 11.1 Å². The first-order valence-corrected chi connectivity index (χ1v) is 5.37. The number of nitrogens with zero attached hydrogens (tertiary/aromatic N) is 3. The van der Waals surface area contributed by atoms with Crippen LogP contribution in [-0.2, 0) is 6.42 Å². The van der Waals surface area contributed by atoms with Crippen LogP contribution in [0.25, 0.3) is 0 Å². The van der Waals surface area contributed by atoms with Gasteiger partial charge in [-0.1, -0.05) is 0 Å². The van der Waals surface area contributed by atoms with Gasteiger partial charge in [-0.2, -0.15) is 5.26 Å². The van der Waals surface area contributed by atoms with Crippen molar-refractivity contribution < 1.29 is 0 Å². The van der Waals surface area contributed by atoms with E-state index in [9.17, 15) is 0 Å². The first kappa shape index (κ1) is 11.1. The van der Waals surface area contributed by atoms with Gasteiger partial charge in [-0.25, -0.2) is 0 Å². The van der Waals surface area contributed by atoms with Gasteiger partial charge < -0.3 is 5.32 Å². The van der Waals surface area contributed by atoms with Gasteiger partial charge in [0.2, 0.25) is 0 Å². The fourth-order valence-corrected chi connectivity index (χ4v) is 1.52. The Labute approximate surface area is 100.0 Å². The first-order chi connectivity index (χ1) is 8.40. The van der Waals surface area contributed by atoms with E-state index in [4.69, 9.17) is 5.26 Å². The Morgan fingerprint density at radius 1 is 1.12 bits per heavy atom. The van der Waals surface area contributed by atoms with Gasteiger partial charge >= 0.3 is 0 Å². The van der Waals surface area contributed by atoms with Crippen LogP contribution < -0.4 is 5.32 Å². The molecule has 0 aliphatic carbocycles. The number of anilines is 1. The molecule has 0 aromatic carbocycles. The normalized spacial score (nSPS) is 9.59. The fraction of sp³-hybridized carbons (Fsp3) is 0.154. The number of pyridine rings is 2. The second-order valence-electron chi connectivity index (χ2n) is 3.57. The molecule has 0 saturated carbocycles. The zero-order valence-corrected chi connectivity index (χ0v) is 9.30. The second-order valence-corrected chi connectivity index (χ2v) is 3.57. The van der Waals surface area contributed by atoms with Crippen molar-refractivity contribution in [3.05, 3.63) is 54.1 Å². The molecule has 0 spiro atoms. The van der Waals surface area contributed by atoms with E-state index in [2.05, 4.69) is 21.4 Å². The van der Waals surface area contributed by atoms with Gasteiger partial charge in [-0.15, -0.1) is 0 Å². The van der Waals surface area contributed by atoms with Crippen molar-refractivity contribution in [3.63, 3.8) is 0 Å². The predicted molar refractivity (Wildman–Crippen MR) is 65.4 cm³/mol. The number of hydrogen-bond acceptors (Lipinski definition) is 4. The molecule has 0 fully saturated rings. The zero-order valence-electron chi connectivity index (χ0n) is 9.30. The van der Waals surface area contributed by atoms with Crippen LogP contribution in [0.3, 0.4) is 0 Å². The highest BCUT2D eigenvalue weighted by Crippen LogP contribution is 2.11. The molecule has 0 saturated heterocycles. The van der Waals surface area contributed by atoms with E-state index in [0.29, 0.717) is 5.56 Å². The molecule has 2 aromatic rings. The van der Waals surface area contributed by atoms with Crippen molar-refractivity contribution in [2.24, 2.45) is 0 Å². The van der Waals surface area contributed by atoms with Gasteiger partial charge in [0.05, 0.1) is 17.4 Å². The number of nitriles is 1. The lowest BCUT2D eigenvalue weighted by atomic mass is 10.2. The number of rotatable bonds is 4. The topological polar surface area (TPSA) is 61.6 Å². The van der Waals surface area contributed by atoms with E-state index in [1.807, 2.05) is 12.1 Å². The van der Waals surface area contributed by atoms with Crippen molar-refractivity contribution in [1.29, 1.82) is 5.26 Å². The van der Waals surface area contributed by atoms with Crippen molar-refractivity contribution >= 4 is 5.69 Å². The molecule has 84 valence electrons. The Balaban J connectivity index is 1.93. The van der Waals surface area contributed by atoms with Gasteiger partial charge in [0.15, 0.2) is 0 Å². The highest BCUT2D eigenvalue weighted by atomic mass is 14.9. The van der Waals surface area contributed by atoms with Crippen LogP contribution in [0.15, 0.2) is 43.0 Å². The van der Waals surface area contributed by atoms with Crippen molar-refractivity contribution in [2.75, 3.05) is 11.9 Å². The van der Waals surface area contributed by atoms with Crippen molar-refractivity contribution in [3.8, 4) is 6.07 Å². The summed E-state index contributed by atoms with van der Waals surface area (Å²) in [5.41, 5.74) is 2.62. The summed E-state index contributed by atoms with van der Waals surface area (Å²) in [6.07, 6.45) is 7.74. The molecule has 0 aliphatic rings. The Kier molecular flexibility index (Phi) is 3.66. The third kappa shape index (κ3) is 3.02. The van der Waals surface area contributed by atoms with Crippen LogP contribution in [0.2, 0.25) is 0 Å². The van der Waals surface area contributed by atoms with Gasteiger partial charge in [0, 0.05) is 25.1 Å². The number of nitrogens with one attached hydrogen (secondary N) is 1. The maximum absolute atomic E-state index is 8.91. The summed E-state index contributed by atoms with van der Waals surface area (Å²) < 4.78 is 0. The Morgan fingerprint density at radius 3 is 2.65 bits per heavy atom. The van der Waals surface area contributed by atoms with E-state index >= 15 is 0 Å². The molecule has 2 heterocycles. The summed E-state index contributed by atoms with van der Waals surface area (Å²) in [4.78, 5) is 7.96. The lowest BCUT2D eigenvalue weighted by Gasteiger charge is -2.07. The third-order valence-corrected chi connectivity index (χ3v) is 2.42. The first-order valence-electron chi connectivity index (χ1n) is 5.37. The molecule has 0 unspecified atom stereocenters. The van der Waals surface area contributed by atoms with Crippen LogP contribution >= 0.6 is 0 Å². The molecule has 0 amide bonds. The molecule has 0 aliphatic heterocycles.